The molecular formula is C35H47FN2O6. The molecule has 3 aliphatic rings. The highest BCUT2D eigenvalue weighted by Crippen LogP contribution is 2.43. The average molecular weight is 611 g/mol. The van der Waals surface area contributed by atoms with E-state index < -0.39 is 11.9 Å². The molecule has 240 valence electrons. The van der Waals surface area contributed by atoms with Gasteiger partial charge >= 0.3 is 5.97 Å². The van der Waals surface area contributed by atoms with Crippen LogP contribution in [0.25, 0.3) is 0 Å². The number of hydrogen-bond donors (Lipinski definition) is 1. The van der Waals surface area contributed by atoms with E-state index in [1.165, 1.54) is 6.07 Å². The van der Waals surface area contributed by atoms with Gasteiger partial charge in [-0.2, -0.15) is 0 Å². The van der Waals surface area contributed by atoms with E-state index in [1.54, 1.807) is 19.1 Å². The minimum atomic E-state index is -0.863. The zero-order chi connectivity index (χ0) is 31.2. The van der Waals surface area contributed by atoms with Crippen LogP contribution in [0.2, 0.25) is 0 Å². The van der Waals surface area contributed by atoms with Crippen LogP contribution in [0.1, 0.15) is 88.7 Å². The summed E-state index contributed by atoms with van der Waals surface area (Å²) in [4.78, 5) is 31.3. The van der Waals surface area contributed by atoms with Crippen LogP contribution >= 0.6 is 0 Å². The van der Waals surface area contributed by atoms with E-state index >= 15 is 0 Å². The van der Waals surface area contributed by atoms with Crippen LogP contribution in [0.15, 0.2) is 36.4 Å². The van der Waals surface area contributed by atoms with Crippen LogP contribution in [-0.4, -0.2) is 66.6 Å². The standard InChI is InChI=1S/C35H47FN2O6/c1-4-8-25(9-5-2)38(26-12-14-29(36)23(3)18-26)33(39)21-37-20-28(24-11-16-31-32(19-24)44-22-43-31)34(35(40)41)30(37)15-13-27-10-6-7-17-42-27/h11-12,14,16,18-19,25,27-28,30,34H,4-10,13,15,17,20-22H2,1-3H3,(H,40,41)/t27?,28-,30+,34-/m1/s1. The number of nitrogens with zero attached hydrogens (tertiary/aromatic N) is 2. The smallest absolute Gasteiger partial charge is 0.308 e. The zero-order valence-electron chi connectivity index (χ0n) is 26.3. The third-order valence-corrected chi connectivity index (χ3v) is 9.55. The molecule has 0 spiro atoms. The van der Waals surface area contributed by atoms with Crippen molar-refractivity contribution in [1.29, 1.82) is 0 Å². The van der Waals surface area contributed by atoms with Crippen molar-refractivity contribution in [2.45, 2.75) is 103 Å². The highest BCUT2D eigenvalue weighted by molar-refractivity contribution is 5.95. The summed E-state index contributed by atoms with van der Waals surface area (Å²) in [5.74, 6) is -1.00. The molecule has 2 aromatic carbocycles. The second-order valence-corrected chi connectivity index (χ2v) is 12.6. The number of aryl methyl sites for hydroxylation is 1. The van der Waals surface area contributed by atoms with Crippen LogP contribution < -0.4 is 14.4 Å². The van der Waals surface area contributed by atoms with Crippen LogP contribution in [0, 0.1) is 18.7 Å². The lowest BCUT2D eigenvalue weighted by atomic mass is 9.83. The lowest BCUT2D eigenvalue weighted by Crippen LogP contribution is -2.48. The van der Waals surface area contributed by atoms with Crippen LogP contribution in [0.4, 0.5) is 10.1 Å². The van der Waals surface area contributed by atoms with Gasteiger partial charge in [-0.15, -0.1) is 0 Å². The number of carbonyl (C=O) groups is 2. The number of likely N-dealkylation sites (tertiary alicyclic amines) is 1. The van der Waals surface area contributed by atoms with Crippen molar-refractivity contribution in [3.05, 3.63) is 53.3 Å². The van der Waals surface area contributed by atoms with Gasteiger partial charge in [-0.05, 0) is 93.3 Å². The number of amides is 1. The Morgan fingerprint density at radius 2 is 1.82 bits per heavy atom. The molecule has 5 rings (SSSR count). The van der Waals surface area contributed by atoms with Crippen molar-refractivity contribution >= 4 is 17.6 Å². The summed E-state index contributed by atoms with van der Waals surface area (Å²) in [6.45, 7) is 7.33. The maximum atomic E-state index is 14.4. The van der Waals surface area contributed by atoms with Crippen LogP contribution in [0.5, 0.6) is 11.5 Å². The number of rotatable bonds is 13. The third kappa shape index (κ3) is 7.20. The molecule has 44 heavy (non-hydrogen) atoms. The molecule has 0 aromatic heterocycles. The van der Waals surface area contributed by atoms with Crippen molar-refractivity contribution in [3.8, 4) is 11.5 Å². The Morgan fingerprint density at radius 3 is 2.50 bits per heavy atom. The molecule has 0 saturated carbocycles. The van der Waals surface area contributed by atoms with Crippen LogP contribution in [-0.2, 0) is 14.3 Å². The molecule has 8 nitrogen and oxygen atoms in total. The first-order chi connectivity index (χ1) is 21.3. The first-order valence-electron chi connectivity index (χ1n) is 16.4. The fourth-order valence-corrected chi connectivity index (χ4v) is 7.38. The molecule has 2 aromatic rings. The van der Waals surface area contributed by atoms with Crippen molar-refractivity contribution < 1.29 is 33.3 Å². The first kappa shape index (κ1) is 32.2. The molecule has 0 radical (unpaired) electrons. The molecule has 3 aliphatic heterocycles. The number of fused-ring (bicyclic) bond motifs is 1. The van der Waals surface area contributed by atoms with Gasteiger partial charge < -0.3 is 24.2 Å². The molecule has 0 aliphatic carbocycles. The van der Waals surface area contributed by atoms with Crippen molar-refractivity contribution in [2.75, 3.05) is 31.4 Å². The number of anilines is 1. The maximum Gasteiger partial charge on any atom is 0.308 e. The Hall–Kier alpha value is -3.17. The summed E-state index contributed by atoms with van der Waals surface area (Å²) in [7, 11) is 0. The Kier molecular flexibility index (Phi) is 10.8. The highest BCUT2D eigenvalue weighted by Gasteiger charge is 2.47. The minimum Gasteiger partial charge on any atom is -0.481 e. The third-order valence-electron chi connectivity index (χ3n) is 9.55. The van der Waals surface area contributed by atoms with Gasteiger partial charge in [0.15, 0.2) is 11.5 Å². The minimum absolute atomic E-state index is 0.0287. The van der Waals surface area contributed by atoms with Gasteiger partial charge in [-0.3, -0.25) is 14.5 Å². The maximum absolute atomic E-state index is 14.4. The summed E-state index contributed by atoms with van der Waals surface area (Å²) >= 11 is 0. The predicted molar refractivity (Wildman–Crippen MR) is 167 cm³/mol. The number of halogens is 1. The van der Waals surface area contributed by atoms with E-state index in [0.29, 0.717) is 35.7 Å². The topological polar surface area (TPSA) is 88.5 Å². The summed E-state index contributed by atoms with van der Waals surface area (Å²) in [5.41, 5.74) is 2.05. The quantitative estimate of drug-likeness (QED) is 0.271. The molecule has 2 fully saturated rings. The van der Waals surface area contributed by atoms with E-state index in [4.69, 9.17) is 14.2 Å². The van der Waals surface area contributed by atoms with Gasteiger partial charge in [0, 0.05) is 36.8 Å². The Bertz CT molecular complexity index is 1290. The summed E-state index contributed by atoms with van der Waals surface area (Å²) < 4.78 is 31.4. The normalized spacial score (nSPS) is 23.3. The number of hydrogen-bond acceptors (Lipinski definition) is 6. The molecule has 4 atom stereocenters. The molecule has 1 unspecified atom stereocenters. The second kappa shape index (κ2) is 14.7. The van der Waals surface area contributed by atoms with Gasteiger partial charge in [0.2, 0.25) is 12.7 Å². The van der Waals surface area contributed by atoms with Gasteiger partial charge in [-0.25, -0.2) is 4.39 Å². The highest BCUT2D eigenvalue weighted by atomic mass is 19.1. The number of benzene rings is 2. The van der Waals surface area contributed by atoms with E-state index in [2.05, 4.69) is 18.7 Å². The monoisotopic (exact) mass is 610 g/mol. The fourth-order valence-electron chi connectivity index (χ4n) is 7.38. The van der Waals surface area contributed by atoms with Crippen molar-refractivity contribution in [2.24, 2.45) is 5.92 Å². The number of aliphatic carboxylic acids is 1. The van der Waals surface area contributed by atoms with Gasteiger partial charge in [0.05, 0.1) is 18.6 Å². The SMILES string of the molecule is CCCC(CCC)N(C(=O)CN1C[C@H](c2ccc3c(c2)OCO3)[C@@H](C(=O)O)[C@@H]1CCC1CCCCO1)c1ccc(F)c(C)c1. The predicted octanol–water partition coefficient (Wildman–Crippen LogP) is 6.68. The molecule has 1 N–H and O–H groups in total. The molecule has 0 bridgehead atoms. The largest absolute Gasteiger partial charge is 0.481 e. The molecule has 3 heterocycles. The number of ether oxygens (including phenoxy) is 3. The zero-order valence-corrected chi connectivity index (χ0v) is 26.3. The average Bonchev–Trinajstić information content (AvgIpc) is 3.63. The Labute approximate surface area is 260 Å². The Morgan fingerprint density at radius 1 is 1.05 bits per heavy atom. The summed E-state index contributed by atoms with van der Waals surface area (Å²) in [6, 6.07) is 10.2. The van der Waals surface area contributed by atoms with Gasteiger partial charge in [0.1, 0.15) is 5.82 Å². The van der Waals surface area contributed by atoms with E-state index in [0.717, 1.165) is 63.5 Å². The van der Waals surface area contributed by atoms with Crippen molar-refractivity contribution in [3.63, 3.8) is 0 Å². The van der Waals surface area contributed by atoms with Gasteiger partial charge in [-0.1, -0.05) is 32.8 Å². The van der Waals surface area contributed by atoms with Gasteiger partial charge in [0.25, 0.3) is 0 Å². The van der Waals surface area contributed by atoms with E-state index in [-0.39, 0.29) is 49.2 Å². The van der Waals surface area contributed by atoms with Crippen LogP contribution in [0.3, 0.4) is 0 Å². The fraction of sp³-hybridized carbons (Fsp3) is 0.600. The number of carboxylic acid groups (broad SMARTS) is 1. The second-order valence-electron chi connectivity index (χ2n) is 12.6. The Balaban J connectivity index is 1.46. The molecule has 1 amide bonds. The summed E-state index contributed by atoms with van der Waals surface area (Å²) in [6.07, 6.45) is 8.11. The van der Waals surface area contributed by atoms with E-state index in [9.17, 15) is 19.1 Å². The molecular weight excluding hydrogens is 563 g/mol. The molecule has 9 heteroatoms. The first-order valence-corrected chi connectivity index (χ1v) is 16.4. The van der Waals surface area contributed by atoms with E-state index in [1.807, 2.05) is 23.1 Å². The summed E-state index contributed by atoms with van der Waals surface area (Å²) in [5, 5.41) is 10.6. The number of carbonyl (C=O) groups excluding carboxylic acids is 1. The lowest BCUT2D eigenvalue weighted by molar-refractivity contribution is -0.143. The van der Waals surface area contributed by atoms with Crippen molar-refractivity contribution in [1.82, 2.24) is 4.90 Å². The lowest BCUT2D eigenvalue weighted by Gasteiger charge is -2.35. The number of carboxylic acids is 1. The molecule has 2 saturated heterocycles.